The van der Waals surface area contributed by atoms with Gasteiger partial charge in [0.25, 0.3) is 0 Å². The average molecular weight is 496 g/mol. The van der Waals surface area contributed by atoms with Crippen molar-refractivity contribution in [2.75, 3.05) is 0 Å². The van der Waals surface area contributed by atoms with Crippen LogP contribution in [0.2, 0.25) is 0 Å². The monoisotopic (exact) mass is 495 g/mol. The van der Waals surface area contributed by atoms with Gasteiger partial charge in [-0.05, 0) is 50.7 Å². The van der Waals surface area contributed by atoms with Crippen molar-refractivity contribution in [2.45, 2.75) is 55.9 Å². The number of allylic oxidation sites excluding steroid dienone is 6. The smallest absolute Gasteiger partial charge is 0.160 e. The summed E-state index contributed by atoms with van der Waals surface area (Å²) in [6.45, 7) is 11.1. The highest BCUT2D eigenvalue weighted by Gasteiger charge is 2.52. The predicted molar refractivity (Wildman–Crippen MR) is 142 cm³/mol. The molecule has 0 saturated heterocycles. The third-order valence-corrected chi connectivity index (χ3v) is 7.93. The molecule has 37 heavy (non-hydrogen) atoms. The third kappa shape index (κ3) is 4.21. The van der Waals surface area contributed by atoms with E-state index in [1.165, 1.54) is 6.08 Å². The quantitative estimate of drug-likeness (QED) is 0.353. The van der Waals surface area contributed by atoms with Crippen LogP contribution in [0.4, 0.5) is 4.39 Å². The van der Waals surface area contributed by atoms with Crippen molar-refractivity contribution in [3.8, 4) is 17.5 Å². The van der Waals surface area contributed by atoms with Crippen LogP contribution in [0.1, 0.15) is 66.6 Å². The molecule has 0 radical (unpaired) electrons. The van der Waals surface area contributed by atoms with Gasteiger partial charge in [0.05, 0.1) is 23.0 Å². The highest BCUT2D eigenvalue weighted by atomic mass is 19.1. The fraction of sp³-hybridized carbons (Fsp3) is 0.333. The number of fused-ring (bicyclic) bond motifs is 3. The molecule has 6 nitrogen and oxygen atoms in total. The summed E-state index contributed by atoms with van der Waals surface area (Å²) < 4.78 is 14.8. The minimum absolute atomic E-state index is 0.0340. The lowest BCUT2D eigenvalue weighted by molar-refractivity contribution is 0.148. The molecule has 3 unspecified atom stereocenters. The van der Waals surface area contributed by atoms with Crippen molar-refractivity contribution >= 4 is 5.57 Å². The van der Waals surface area contributed by atoms with Crippen LogP contribution >= 0.6 is 0 Å². The van der Waals surface area contributed by atoms with Crippen LogP contribution in [-0.2, 0) is 6.42 Å². The summed E-state index contributed by atoms with van der Waals surface area (Å²) in [6.07, 6.45) is 10.4. The van der Waals surface area contributed by atoms with Crippen LogP contribution in [0.5, 0.6) is 0 Å². The number of aliphatic hydroxyl groups excluding tert-OH is 1. The first-order valence-electron chi connectivity index (χ1n) is 12.6. The number of halogens is 1. The second kappa shape index (κ2) is 9.53. The Morgan fingerprint density at radius 3 is 2.76 bits per heavy atom. The first kappa shape index (κ1) is 24.8. The predicted octanol–water partition coefficient (Wildman–Crippen LogP) is 6.13. The number of aliphatic hydroxyl groups is 1. The zero-order valence-corrected chi connectivity index (χ0v) is 20.8. The van der Waals surface area contributed by atoms with E-state index in [4.69, 9.17) is 15.7 Å². The van der Waals surface area contributed by atoms with Crippen molar-refractivity contribution in [1.29, 1.82) is 5.26 Å². The largest absolute Gasteiger partial charge is 0.511 e. The van der Waals surface area contributed by atoms with E-state index in [1.54, 1.807) is 18.3 Å². The Morgan fingerprint density at radius 2 is 2.11 bits per heavy atom. The maximum Gasteiger partial charge on any atom is 0.160 e. The molecule has 0 spiro atoms. The second-order valence-electron chi connectivity index (χ2n) is 10.1. The van der Waals surface area contributed by atoms with Crippen LogP contribution in [0.25, 0.3) is 17.0 Å². The van der Waals surface area contributed by atoms with E-state index in [0.717, 1.165) is 29.7 Å². The van der Waals surface area contributed by atoms with E-state index in [9.17, 15) is 14.8 Å². The Morgan fingerprint density at radius 1 is 1.32 bits per heavy atom. The van der Waals surface area contributed by atoms with Crippen molar-refractivity contribution in [3.05, 3.63) is 96.1 Å². The molecule has 188 valence electrons. The van der Waals surface area contributed by atoms with Gasteiger partial charge >= 0.3 is 0 Å². The highest BCUT2D eigenvalue weighted by Crippen LogP contribution is 2.52. The lowest BCUT2D eigenvalue weighted by Crippen LogP contribution is -2.57. The van der Waals surface area contributed by atoms with E-state index in [-0.39, 0.29) is 23.7 Å². The van der Waals surface area contributed by atoms with Crippen molar-refractivity contribution in [2.24, 2.45) is 11.7 Å². The summed E-state index contributed by atoms with van der Waals surface area (Å²) in [5, 5.41) is 20.7. The number of nitrogens with zero attached hydrogens (tertiary/aromatic N) is 4. The van der Waals surface area contributed by atoms with Gasteiger partial charge in [-0.1, -0.05) is 31.4 Å². The zero-order valence-electron chi connectivity index (χ0n) is 20.8. The SMILES string of the molecule is C=C/C=C(\C(=C)F)c1nc(-c2ccnc(C3CC3)c2)nc2c1CCC1(N)C(CC=C)C(O)=C(C#N)CC21. The molecule has 2 aromatic heterocycles. The molecule has 1 fully saturated rings. The van der Waals surface area contributed by atoms with E-state index >= 15 is 0 Å². The number of aromatic nitrogens is 3. The van der Waals surface area contributed by atoms with E-state index in [1.807, 2.05) is 12.1 Å². The molecule has 0 amide bonds. The van der Waals surface area contributed by atoms with Crippen LogP contribution in [0.3, 0.4) is 0 Å². The first-order chi connectivity index (χ1) is 17.8. The number of rotatable bonds is 7. The standard InChI is InChI=1S/C30H30FN5O/c1-4-6-21(17(3)31)26-22-10-12-30(33)23(7-5-2)28(37)20(16-32)14-24(30)27(22)36-29(35-26)19-11-13-34-25(15-19)18-8-9-18/h4-6,11,13,15,18,23-24,37H,1-3,7-10,12,14,33H2/b21-6+. The Labute approximate surface area is 216 Å². The average Bonchev–Trinajstić information content (AvgIpc) is 3.74. The summed E-state index contributed by atoms with van der Waals surface area (Å²) in [7, 11) is 0. The summed E-state index contributed by atoms with van der Waals surface area (Å²) in [6, 6.07) is 6.01. The number of nitriles is 1. The third-order valence-electron chi connectivity index (χ3n) is 7.93. The second-order valence-corrected chi connectivity index (χ2v) is 10.1. The molecule has 7 heteroatoms. The fourth-order valence-electron chi connectivity index (χ4n) is 5.84. The number of nitrogens with two attached hydrogens (primary N) is 1. The van der Waals surface area contributed by atoms with Crippen molar-refractivity contribution in [1.82, 2.24) is 15.0 Å². The molecule has 1 saturated carbocycles. The van der Waals surface area contributed by atoms with Gasteiger partial charge in [-0.3, -0.25) is 4.98 Å². The Balaban J connectivity index is 1.75. The Kier molecular flexibility index (Phi) is 6.38. The fourth-order valence-corrected chi connectivity index (χ4v) is 5.84. The van der Waals surface area contributed by atoms with Crippen molar-refractivity contribution in [3.63, 3.8) is 0 Å². The van der Waals surface area contributed by atoms with Gasteiger partial charge in [0.1, 0.15) is 11.6 Å². The summed E-state index contributed by atoms with van der Waals surface area (Å²) >= 11 is 0. The van der Waals surface area contributed by atoms with E-state index in [0.29, 0.717) is 48.0 Å². The molecule has 2 heterocycles. The van der Waals surface area contributed by atoms with Crippen LogP contribution in [0, 0.1) is 17.2 Å². The van der Waals surface area contributed by atoms with Gasteiger partial charge < -0.3 is 10.8 Å². The minimum Gasteiger partial charge on any atom is -0.511 e. The van der Waals surface area contributed by atoms with Gasteiger partial charge in [0, 0.05) is 51.9 Å². The van der Waals surface area contributed by atoms with Gasteiger partial charge in [-0.2, -0.15) is 5.26 Å². The van der Waals surface area contributed by atoms with E-state index in [2.05, 4.69) is 30.8 Å². The van der Waals surface area contributed by atoms with Gasteiger partial charge in [0.15, 0.2) is 5.82 Å². The maximum atomic E-state index is 14.8. The normalized spacial score (nSPS) is 25.1. The maximum absolute atomic E-state index is 14.8. The lowest BCUT2D eigenvalue weighted by atomic mass is 9.59. The van der Waals surface area contributed by atoms with Gasteiger partial charge in [-0.15, -0.1) is 6.58 Å². The summed E-state index contributed by atoms with van der Waals surface area (Å²) in [4.78, 5) is 14.4. The molecular weight excluding hydrogens is 465 g/mol. The van der Waals surface area contributed by atoms with Crippen LogP contribution in [0.15, 0.2) is 73.5 Å². The number of pyridine rings is 1. The highest BCUT2D eigenvalue weighted by molar-refractivity contribution is 5.79. The zero-order chi connectivity index (χ0) is 26.3. The number of hydrogen-bond acceptors (Lipinski definition) is 6. The first-order valence-corrected chi connectivity index (χ1v) is 12.6. The molecule has 2 aromatic rings. The molecule has 3 N–H and O–H groups in total. The van der Waals surface area contributed by atoms with Crippen LogP contribution < -0.4 is 5.73 Å². The molecule has 0 aromatic carbocycles. The molecule has 3 aliphatic carbocycles. The molecule has 3 atom stereocenters. The Hall–Kier alpha value is -3.89. The Bertz CT molecular complexity index is 1410. The lowest BCUT2D eigenvalue weighted by Gasteiger charge is -2.49. The van der Waals surface area contributed by atoms with Gasteiger partial charge in [0.2, 0.25) is 0 Å². The van der Waals surface area contributed by atoms with E-state index < -0.39 is 17.3 Å². The molecular formula is C30H30FN5O. The molecule has 0 bridgehead atoms. The topological polar surface area (TPSA) is 109 Å². The summed E-state index contributed by atoms with van der Waals surface area (Å²) in [5.41, 5.74) is 10.5. The summed E-state index contributed by atoms with van der Waals surface area (Å²) in [5.74, 6) is -0.527. The molecule has 5 rings (SSSR count). The van der Waals surface area contributed by atoms with Gasteiger partial charge in [-0.25, -0.2) is 14.4 Å². The van der Waals surface area contributed by atoms with Crippen LogP contribution in [-0.4, -0.2) is 25.6 Å². The number of hydrogen-bond donors (Lipinski definition) is 2. The minimum atomic E-state index is -0.846. The molecule has 3 aliphatic rings. The van der Waals surface area contributed by atoms with Crippen molar-refractivity contribution < 1.29 is 9.50 Å². The molecule has 0 aliphatic heterocycles.